The van der Waals surface area contributed by atoms with Crippen molar-refractivity contribution in [2.45, 2.75) is 19.5 Å². The molecule has 2 aliphatic heterocycles. The lowest BCUT2D eigenvalue weighted by atomic mass is 9.95. The molecule has 106 valence electrons. The predicted octanol–water partition coefficient (Wildman–Crippen LogP) is 3.99. The highest BCUT2D eigenvalue weighted by molar-refractivity contribution is 5.90. The Morgan fingerprint density at radius 2 is 2.05 bits per heavy atom. The van der Waals surface area contributed by atoms with Crippen molar-refractivity contribution in [3.63, 3.8) is 0 Å². The molecule has 0 fully saturated rings. The topological polar surface area (TPSA) is 12.5 Å². The summed E-state index contributed by atoms with van der Waals surface area (Å²) in [5, 5.41) is 0. The van der Waals surface area contributed by atoms with E-state index >= 15 is 0 Å². The van der Waals surface area contributed by atoms with E-state index in [0.717, 1.165) is 28.1 Å². The largest absolute Gasteiger partial charge is 0.489 e. The fourth-order valence-electron chi connectivity index (χ4n) is 3.29. The highest BCUT2D eigenvalue weighted by Gasteiger charge is 2.32. The van der Waals surface area contributed by atoms with Gasteiger partial charge in [-0.1, -0.05) is 30.8 Å². The first-order valence-electron chi connectivity index (χ1n) is 7.16. The lowest BCUT2D eigenvalue weighted by molar-refractivity contribution is 0.269. The molecule has 2 aromatic rings. The fourth-order valence-corrected chi connectivity index (χ4v) is 3.29. The Kier molecular flexibility index (Phi) is 2.58. The molecular weight excluding hydrogens is 265 g/mol. The summed E-state index contributed by atoms with van der Waals surface area (Å²) >= 11 is 0. The van der Waals surface area contributed by atoms with E-state index in [1.165, 1.54) is 6.07 Å². The molecule has 0 aromatic heterocycles. The smallest absolute Gasteiger partial charge is 0.143 e. The van der Waals surface area contributed by atoms with E-state index in [4.69, 9.17) is 4.74 Å². The van der Waals surface area contributed by atoms with Gasteiger partial charge in [0, 0.05) is 17.7 Å². The van der Waals surface area contributed by atoms with Crippen molar-refractivity contribution in [1.29, 1.82) is 0 Å². The van der Waals surface area contributed by atoms with Crippen LogP contribution in [0.5, 0.6) is 5.75 Å². The van der Waals surface area contributed by atoms with Gasteiger partial charge in [-0.2, -0.15) is 0 Å². The molecule has 0 amide bonds. The number of fused-ring (bicyclic) bond motifs is 1. The summed E-state index contributed by atoms with van der Waals surface area (Å²) in [5.41, 5.74) is 4.35. The number of ether oxygens (including phenoxy) is 1. The molecule has 2 aliphatic rings. The summed E-state index contributed by atoms with van der Waals surface area (Å²) in [7, 11) is 0. The SMILES string of the molecule is C=C1c2cccc3c2N(Cc2cccc(F)c21)C(C)CO3. The molecule has 3 heteroatoms. The van der Waals surface area contributed by atoms with Crippen LogP contribution in [0.15, 0.2) is 43.0 Å². The Bertz CT molecular complexity index is 753. The second kappa shape index (κ2) is 4.35. The molecule has 0 saturated carbocycles. The van der Waals surface area contributed by atoms with Crippen LogP contribution in [0.1, 0.15) is 23.6 Å². The van der Waals surface area contributed by atoms with Gasteiger partial charge >= 0.3 is 0 Å². The van der Waals surface area contributed by atoms with Crippen molar-refractivity contribution in [2.75, 3.05) is 11.5 Å². The minimum atomic E-state index is -0.205. The van der Waals surface area contributed by atoms with Crippen LogP contribution >= 0.6 is 0 Å². The van der Waals surface area contributed by atoms with E-state index in [-0.39, 0.29) is 11.9 Å². The lowest BCUT2D eigenvalue weighted by Crippen LogP contribution is -2.40. The Balaban J connectivity index is 2.03. The van der Waals surface area contributed by atoms with Gasteiger partial charge in [-0.3, -0.25) is 0 Å². The molecule has 0 radical (unpaired) electrons. The van der Waals surface area contributed by atoms with Gasteiger partial charge in [0.25, 0.3) is 0 Å². The number of nitrogens with zero attached hydrogens (tertiary/aromatic N) is 1. The number of hydrogen-bond donors (Lipinski definition) is 0. The zero-order valence-electron chi connectivity index (χ0n) is 11.9. The van der Waals surface area contributed by atoms with E-state index in [1.807, 2.05) is 24.3 Å². The summed E-state index contributed by atoms with van der Waals surface area (Å²) < 4.78 is 20.2. The Hall–Kier alpha value is -2.29. The molecular formula is C18H16FNO. The number of rotatable bonds is 0. The van der Waals surface area contributed by atoms with Crippen LogP contribution in [0.25, 0.3) is 5.57 Å². The molecule has 0 aliphatic carbocycles. The molecule has 4 rings (SSSR count). The van der Waals surface area contributed by atoms with Crippen LogP contribution < -0.4 is 9.64 Å². The van der Waals surface area contributed by atoms with Crippen molar-refractivity contribution in [1.82, 2.24) is 0 Å². The van der Waals surface area contributed by atoms with Crippen molar-refractivity contribution in [2.24, 2.45) is 0 Å². The van der Waals surface area contributed by atoms with Gasteiger partial charge in [-0.15, -0.1) is 0 Å². The summed E-state index contributed by atoms with van der Waals surface area (Å²) in [4.78, 5) is 2.30. The molecule has 2 heterocycles. The summed E-state index contributed by atoms with van der Waals surface area (Å²) in [6, 6.07) is 11.4. The van der Waals surface area contributed by atoms with Gasteiger partial charge in [0.15, 0.2) is 0 Å². The normalized spacial score (nSPS) is 19.4. The van der Waals surface area contributed by atoms with E-state index in [9.17, 15) is 4.39 Å². The van der Waals surface area contributed by atoms with E-state index < -0.39 is 0 Å². The molecule has 0 saturated heterocycles. The second-order valence-corrected chi connectivity index (χ2v) is 5.69. The molecule has 21 heavy (non-hydrogen) atoms. The monoisotopic (exact) mass is 281 g/mol. The van der Waals surface area contributed by atoms with Gasteiger partial charge in [-0.05, 0) is 30.2 Å². The van der Waals surface area contributed by atoms with Crippen LogP contribution in [0.3, 0.4) is 0 Å². The molecule has 1 unspecified atom stereocenters. The third-order valence-electron chi connectivity index (χ3n) is 4.37. The van der Waals surface area contributed by atoms with E-state index in [0.29, 0.717) is 18.7 Å². The molecule has 0 bridgehead atoms. The standard InChI is InChI=1S/C18H16FNO/c1-11-10-21-16-8-4-6-14-12(2)17-13(5-3-7-15(17)19)9-20(11)18(14)16/h3-8,11H,2,9-10H2,1H3. The summed E-state index contributed by atoms with van der Waals surface area (Å²) in [6.45, 7) is 7.61. The van der Waals surface area contributed by atoms with E-state index in [1.54, 1.807) is 6.07 Å². The highest BCUT2D eigenvalue weighted by Crippen LogP contribution is 2.45. The van der Waals surface area contributed by atoms with Crippen LogP contribution in [-0.2, 0) is 6.54 Å². The molecule has 1 atom stereocenters. The Morgan fingerprint density at radius 3 is 2.90 bits per heavy atom. The third-order valence-corrected chi connectivity index (χ3v) is 4.37. The zero-order valence-corrected chi connectivity index (χ0v) is 11.9. The fraction of sp³-hybridized carbons (Fsp3) is 0.222. The second-order valence-electron chi connectivity index (χ2n) is 5.69. The quantitative estimate of drug-likeness (QED) is 0.724. The van der Waals surface area contributed by atoms with Gasteiger partial charge < -0.3 is 9.64 Å². The maximum atomic E-state index is 14.3. The molecule has 0 spiro atoms. The Morgan fingerprint density at radius 1 is 1.24 bits per heavy atom. The number of halogens is 1. The summed E-state index contributed by atoms with van der Waals surface area (Å²) in [6.07, 6.45) is 0. The van der Waals surface area contributed by atoms with Crippen LogP contribution in [0.4, 0.5) is 10.1 Å². The summed E-state index contributed by atoms with van der Waals surface area (Å²) in [5.74, 6) is 0.656. The van der Waals surface area contributed by atoms with Gasteiger partial charge in [0.1, 0.15) is 18.2 Å². The van der Waals surface area contributed by atoms with Crippen LogP contribution in [-0.4, -0.2) is 12.6 Å². The number of anilines is 1. The number of hydrogen-bond acceptors (Lipinski definition) is 2. The molecule has 2 nitrogen and oxygen atoms in total. The third kappa shape index (κ3) is 1.70. The first-order valence-corrected chi connectivity index (χ1v) is 7.16. The number of para-hydroxylation sites is 1. The predicted molar refractivity (Wildman–Crippen MR) is 82.1 cm³/mol. The van der Waals surface area contributed by atoms with Crippen LogP contribution in [0, 0.1) is 5.82 Å². The van der Waals surface area contributed by atoms with E-state index in [2.05, 4.69) is 18.4 Å². The maximum Gasteiger partial charge on any atom is 0.143 e. The van der Waals surface area contributed by atoms with Crippen molar-refractivity contribution < 1.29 is 9.13 Å². The highest BCUT2D eigenvalue weighted by atomic mass is 19.1. The van der Waals surface area contributed by atoms with Crippen molar-refractivity contribution in [3.05, 3.63) is 65.5 Å². The number of benzene rings is 2. The first-order chi connectivity index (χ1) is 10.2. The molecule has 0 N–H and O–H groups in total. The average Bonchev–Trinajstić information content (AvgIpc) is 2.61. The Labute approximate surface area is 123 Å². The van der Waals surface area contributed by atoms with Crippen LogP contribution in [0.2, 0.25) is 0 Å². The molecule has 2 aromatic carbocycles. The average molecular weight is 281 g/mol. The first kappa shape index (κ1) is 12.5. The zero-order chi connectivity index (χ0) is 14.6. The lowest BCUT2D eigenvalue weighted by Gasteiger charge is -2.37. The maximum absolute atomic E-state index is 14.3. The van der Waals surface area contributed by atoms with Gasteiger partial charge in [0.2, 0.25) is 0 Å². The van der Waals surface area contributed by atoms with Crippen molar-refractivity contribution in [3.8, 4) is 5.75 Å². The van der Waals surface area contributed by atoms with Gasteiger partial charge in [0.05, 0.1) is 11.7 Å². The van der Waals surface area contributed by atoms with Crippen molar-refractivity contribution >= 4 is 11.3 Å². The minimum Gasteiger partial charge on any atom is -0.489 e. The minimum absolute atomic E-state index is 0.205. The van der Waals surface area contributed by atoms with Gasteiger partial charge in [-0.25, -0.2) is 4.39 Å².